The van der Waals surface area contributed by atoms with Crippen molar-refractivity contribution >= 4 is 11.7 Å². The number of likely N-dealkylation sites (tertiary alicyclic amines) is 1. The minimum Gasteiger partial charge on any atom is -0.391 e. The Labute approximate surface area is 120 Å². The molecular weight excluding hydrogens is 252 g/mol. The van der Waals surface area contributed by atoms with E-state index in [0.717, 1.165) is 18.5 Å². The number of hydrogen-bond acceptors (Lipinski definition) is 2. The summed E-state index contributed by atoms with van der Waals surface area (Å²) in [6.07, 6.45) is 1.39. The molecule has 0 spiro atoms. The molecule has 2 N–H and O–H groups in total. The first kappa shape index (κ1) is 14.9. The van der Waals surface area contributed by atoms with E-state index in [4.69, 9.17) is 0 Å². The number of aliphatic hydroxyl groups is 1. The number of aryl methyl sites for hydroxylation is 2. The van der Waals surface area contributed by atoms with E-state index in [1.165, 1.54) is 11.1 Å². The van der Waals surface area contributed by atoms with Crippen molar-refractivity contribution in [3.8, 4) is 0 Å². The molecule has 1 aliphatic heterocycles. The fourth-order valence-corrected chi connectivity index (χ4v) is 2.57. The van der Waals surface area contributed by atoms with Crippen molar-refractivity contribution in [2.24, 2.45) is 5.92 Å². The number of anilines is 1. The normalized spacial score (nSPS) is 22.7. The van der Waals surface area contributed by atoms with Crippen LogP contribution in [0.5, 0.6) is 0 Å². The summed E-state index contributed by atoms with van der Waals surface area (Å²) < 4.78 is 0. The van der Waals surface area contributed by atoms with E-state index >= 15 is 0 Å². The number of rotatable bonds is 2. The van der Waals surface area contributed by atoms with Crippen LogP contribution < -0.4 is 5.32 Å². The minimum atomic E-state index is -0.418. The minimum absolute atomic E-state index is 0.123. The van der Waals surface area contributed by atoms with Gasteiger partial charge in [0, 0.05) is 18.8 Å². The number of hydrogen-bond donors (Lipinski definition) is 2. The van der Waals surface area contributed by atoms with Crippen LogP contribution in [0.2, 0.25) is 0 Å². The predicted molar refractivity (Wildman–Crippen MR) is 80.9 cm³/mol. The van der Waals surface area contributed by atoms with E-state index in [2.05, 4.69) is 19.2 Å². The van der Waals surface area contributed by atoms with Crippen molar-refractivity contribution in [2.75, 3.05) is 18.4 Å². The lowest BCUT2D eigenvalue weighted by Gasteiger charge is -2.34. The Morgan fingerprint density at radius 3 is 2.90 bits per heavy atom. The standard InChI is InChI=1S/C16H24N2O2/c1-4-13-9-14(6-5-11(13)2)17-16(20)18-8-7-12(3)15(19)10-18/h5-6,9,12,15,19H,4,7-8,10H2,1-3H3,(H,17,20). The average Bonchev–Trinajstić information content (AvgIpc) is 2.43. The molecule has 2 atom stereocenters. The number of β-amino-alcohol motifs (C(OH)–C–C–N with tert-alkyl or cyclic N) is 1. The summed E-state index contributed by atoms with van der Waals surface area (Å²) in [5, 5.41) is 12.8. The Morgan fingerprint density at radius 2 is 2.25 bits per heavy atom. The molecule has 1 aromatic rings. The van der Waals surface area contributed by atoms with Gasteiger partial charge in [-0.2, -0.15) is 0 Å². The van der Waals surface area contributed by atoms with Crippen LogP contribution in [0, 0.1) is 12.8 Å². The third-order valence-electron chi connectivity index (χ3n) is 4.19. The molecule has 0 bridgehead atoms. The van der Waals surface area contributed by atoms with Crippen LogP contribution in [0.15, 0.2) is 18.2 Å². The molecular formula is C16H24N2O2. The average molecular weight is 276 g/mol. The predicted octanol–water partition coefficient (Wildman–Crippen LogP) is 2.79. The van der Waals surface area contributed by atoms with Crippen LogP contribution in [0.3, 0.4) is 0 Å². The Morgan fingerprint density at radius 1 is 1.50 bits per heavy atom. The second-order valence-electron chi connectivity index (χ2n) is 5.70. The van der Waals surface area contributed by atoms with Gasteiger partial charge in [0.05, 0.1) is 6.10 Å². The molecule has 1 heterocycles. The molecule has 0 saturated carbocycles. The summed E-state index contributed by atoms with van der Waals surface area (Å²) in [4.78, 5) is 13.9. The third kappa shape index (κ3) is 3.31. The highest BCUT2D eigenvalue weighted by Crippen LogP contribution is 2.19. The lowest BCUT2D eigenvalue weighted by atomic mass is 9.96. The lowest BCUT2D eigenvalue weighted by Crippen LogP contribution is -2.47. The number of urea groups is 1. The van der Waals surface area contributed by atoms with Crippen LogP contribution >= 0.6 is 0 Å². The van der Waals surface area contributed by atoms with Crippen molar-refractivity contribution in [2.45, 2.75) is 39.7 Å². The summed E-state index contributed by atoms with van der Waals surface area (Å²) >= 11 is 0. The van der Waals surface area contributed by atoms with Crippen LogP contribution in [-0.4, -0.2) is 35.2 Å². The maximum Gasteiger partial charge on any atom is 0.321 e. The molecule has 2 amide bonds. The van der Waals surface area contributed by atoms with Crippen molar-refractivity contribution in [3.05, 3.63) is 29.3 Å². The largest absolute Gasteiger partial charge is 0.391 e. The molecule has 1 aromatic carbocycles. The third-order valence-corrected chi connectivity index (χ3v) is 4.19. The second kappa shape index (κ2) is 6.27. The Kier molecular flexibility index (Phi) is 4.65. The molecule has 0 aromatic heterocycles. The van der Waals surface area contributed by atoms with Gasteiger partial charge in [-0.3, -0.25) is 0 Å². The second-order valence-corrected chi connectivity index (χ2v) is 5.70. The van der Waals surface area contributed by atoms with Crippen molar-refractivity contribution < 1.29 is 9.90 Å². The van der Waals surface area contributed by atoms with Crippen molar-refractivity contribution in [3.63, 3.8) is 0 Å². The van der Waals surface area contributed by atoms with Gasteiger partial charge in [0.1, 0.15) is 0 Å². The van der Waals surface area contributed by atoms with Gasteiger partial charge in [-0.05, 0) is 48.9 Å². The molecule has 1 aliphatic rings. The summed E-state index contributed by atoms with van der Waals surface area (Å²) in [7, 11) is 0. The maximum absolute atomic E-state index is 12.2. The molecule has 4 nitrogen and oxygen atoms in total. The SMILES string of the molecule is CCc1cc(NC(=O)N2CCC(C)C(O)C2)ccc1C. The van der Waals surface area contributed by atoms with Crippen LogP contribution in [0.4, 0.5) is 10.5 Å². The highest BCUT2D eigenvalue weighted by molar-refractivity contribution is 5.89. The van der Waals surface area contributed by atoms with Gasteiger partial charge >= 0.3 is 6.03 Å². The number of benzene rings is 1. The number of carbonyl (C=O) groups is 1. The monoisotopic (exact) mass is 276 g/mol. The van der Waals surface area contributed by atoms with E-state index < -0.39 is 6.10 Å². The number of nitrogens with zero attached hydrogens (tertiary/aromatic N) is 1. The number of nitrogens with one attached hydrogen (secondary N) is 1. The zero-order valence-corrected chi connectivity index (χ0v) is 12.5. The zero-order valence-electron chi connectivity index (χ0n) is 12.5. The quantitative estimate of drug-likeness (QED) is 0.872. The summed E-state index contributed by atoms with van der Waals surface area (Å²) in [6, 6.07) is 5.86. The van der Waals surface area contributed by atoms with Gasteiger partial charge in [-0.1, -0.05) is 19.9 Å². The van der Waals surface area contributed by atoms with E-state index in [-0.39, 0.29) is 11.9 Å². The number of aliphatic hydroxyl groups excluding tert-OH is 1. The van der Waals surface area contributed by atoms with Gasteiger partial charge in [0.25, 0.3) is 0 Å². The number of carbonyl (C=O) groups excluding carboxylic acids is 1. The van der Waals surface area contributed by atoms with E-state index in [9.17, 15) is 9.90 Å². The molecule has 4 heteroatoms. The fraction of sp³-hybridized carbons (Fsp3) is 0.562. The first-order valence-corrected chi connectivity index (χ1v) is 7.34. The van der Waals surface area contributed by atoms with Crippen LogP contribution in [0.1, 0.15) is 31.4 Å². The first-order valence-electron chi connectivity index (χ1n) is 7.34. The summed E-state index contributed by atoms with van der Waals surface area (Å²) in [5.74, 6) is 0.269. The molecule has 20 heavy (non-hydrogen) atoms. The van der Waals surface area contributed by atoms with Crippen LogP contribution in [-0.2, 0) is 6.42 Å². The lowest BCUT2D eigenvalue weighted by molar-refractivity contribution is 0.0464. The molecule has 1 fully saturated rings. The van der Waals surface area contributed by atoms with Crippen LogP contribution in [0.25, 0.3) is 0 Å². The smallest absolute Gasteiger partial charge is 0.321 e. The molecule has 110 valence electrons. The molecule has 0 radical (unpaired) electrons. The molecule has 2 unspecified atom stereocenters. The van der Waals surface area contributed by atoms with Gasteiger partial charge in [0.15, 0.2) is 0 Å². The summed E-state index contributed by atoms with van der Waals surface area (Å²) in [5.41, 5.74) is 3.31. The van der Waals surface area contributed by atoms with Crippen molar-refractivity contribution in [1.29, 1.82) is 0 Å². The highest BCUT2D eigenvalue weighted by Gasteiger charge is 2.27. The highest BCUT2D eigenvalue weighted by atomic mass is 16.3. The number of amides is 2. The molecule has 2 rings (SSSR count). The van der Waals surface area contributed by atoms with Crippen molar-refractivity contribution in [1.82, 2.24) is 4.90 Å². The maximum atomic E-state index is 12.2. The molecule has 0 aliphatic carbocycles. The topological polar surface area (TPSA) is 52.6 Å². The van der Waals surface area contributed by atoms with E-state index in [0.29, 0.717) is 13.1 Å². The summed E-state index contributed by atoms with van der Waals surface area (Å²) in [6.45, 7) is 7.33. The van der Waals surface area contributed by atoms with Gasteiger partial charge < -0.3 is 15.3 Å². The Balaban J connectivity index is 2.01. The Hall–Kier alpha value is -1.55. The fourth-order valence-electron chi connectivity index (χ4n) is 2.57. The van der Waals surface area contributed by atoms with E-state index in [1.54, 1.807) is 4.90 Å². The van der Waals surface area contributed by atoms with E-state index in [1.807, 2.05) is 25.1 Å². The molecule has 1 saturated heterocycles. The zero-order chi connectivity index (χ0) is 14.7. The van der Waals surface area contributed by atoms with Gasteiger partial charge in [-0.25, -0.2) is 4.79 Å². The number of piperidine rings is 1. The first-order chi connectivity index (χ1) is 9.51. The van der Waals surface area contributed by atoms with Gasteiger partial charge in [-0.15, -0.1) is 0 Å². The van der Waals surface area contributed by atoms with Gasteiger partial charge in [0.2, 0.25) is 0 Å². The Bertz CT molecular complexity index is 487.